The second-order valence-electron chi connectivity index (χ2n) is 7.65. The molecular weight excluding hydrogens is 461 g/mol. The number of carbonyl (C=O) groups excluding carboxylic acids is 1. The molecule has 180 valence electrons. The number of halogens is 3. The topological polar surface area (TPSA) is 115 Å². The first kappa shape index (κ1) is 23.9. The Balaban J connectivity index is 1.94. The minimum atomic E-state index is -0.947. The number of amides is 1. The monoisotopic (exact) mass is 482 g/mol. The van der Waals surface area contributed by atoms with Crippen molar-refractivity contribution in [2.75, 3.05) is 25.0 Å². The summed E-state index contributed by atoms with van der Waals surface area (Å²) < 4.78 is 44.0. The molecule has 35 heavy (non-hydrogen) atoms. The number of nitrogens with one attached hydrogen (secondary N) is 2. The number of para-hydroxylation sites is 1. The summed E-state index contributed by atoms with van der Waals surface area (Å²) in [5.41, 5.74) is 5.35. The highest BCUT2D eigenvalue weighted by Gasteiger charge is 2.20. The van der Waals surface area contributed by atoms with E-state index in [9.17, 15) is 22.8 Å². The van der Waals surface area contributed by atoms with Gasteiger partial charge in [0.15, 0.2) is 5.65 Å². The quantitative estimate of drug-likeness (QED) is 0.349. The van der Waals surface area contributed by atoms with Gasteiger partial charge in [-0.25, -0.2) is 18.2 Å². The Hall–Kier alpha value is -4.25. The first-order valence-corrected chi connectivity index (χ1v) is 10.7. The zero-order valence-electron chi connectivity index (χ0n) is 18.6. The van der Waals surface area contributed by atoms with Crippen molar-refractivity contribution in [1.82, 2.24) is 19.9 Å². The second-order valence-corrected chi connectivity index (χ2v) is 7.65. The highest BCUT2D eigenvalue weighted by Crippen LogP contribution is 2.31. The van der Waals surface area contributed by atoms with E-state index in [1.807, 2.05) is 0 Å². The molecule has 0 atom stereocenters. The first-order valence-electron chi connectivity index (χ1n) is 10.7. The smallest absolute Gasteiger partial charge is 0.256 e. The van der Waals surface area contributed by atoms with Crippen LogP contribution >= 0.6 is 0 Å². The third kappa shape index (κ3) is 4.85. The van der Waals surface area contributed by atoms with E-state index in [0.717, 1.165) is 22.8 Å². The molecule has 2 aromatic heterocycles. The van der Waals surface area contributed by atoms with Crippen LogP contribution in [0.15, 0.2) is 53.3 Å². The van der Waals surface area contributed by atoms with Crippen LogP contribution in [0.1, 0.15) is 5.56 Å². The molecule has 4 N–H and O–H groups in total. The molecule has 8 nitrogen and oxygen atoms in total. The van der Waals surface area contributed by atoms with Crippen LogP contribution in [0.3, 0.4) is 0 Å². The minimum Gasteiger partial charge on any atom is -0.353 e. The van der Waals surface area contributed by atoms with E-state index in [-0.39, 0.29) is 37.1 Å². The standard InChI is InChI=1S/C24H21F3N6O2/c1-13-11-14(25)5-6-15(13)21-16-7-8-20(35)33(22-17(26)3-2-4-18(22)27)23(16)32-24(31-21)30-10-9-29-19(34)12-28/h2-8,11H,9-10,12,28H2,1H3,(H,29,34)(H,30,31,32). The van der Waals surface area contributed by atoms with Crippen LogP contribution in [0.25, 0.3) is 28.0 Å². The maximum absolute atomic E-state index is 14.7. The van der Waals surface area contributed by atoms with Gasteiger partial charge in [0.25, 0.3) is 5.56 Å². The van der Waals surface area contributed by atoms with E-state index in [1.54, 1.807) is 6.92 Å². The molecule has 0 unspecified atom stereocenters. The summed E-state index contributed by atoms with van der Waals surface area (Å²) in [6.45, 7) is 1.92. The number of nitrogens with two attached hydrogens (primary N) is 1. The van der Waals surface area contributed by atoms with Gasteiger partial charge < -0.3 is 16.4 Å². The van der Waals surface area contributed by atoms with E-state index < -0.39 is 28.7 Å². The molecule has 0 aliphatic carbocycles. The van der Waals surface area contributed by atoms with E-state index in [2.05, 4.69) is 20.6 Å². The van der Waals surface area contributed by atoms with Gasteiger partial charge in [-0.1, -0.05) is 6.07 Å². The Morgan fingerprint density at radius 1 is 1.03 bits per heavy atom. The summed E-state index contributed by atoms with van der Waals surface area (Å²) in [4.78, 5) is 33.1. The lowest BCUT2D eigenvalue weighted by molar-refractivity contribution is -0.119. The minimum absolute atomic E-state index is 0.0364. The van der Waals surface area contributed by atoms with Gasteiger partial charge >= 0.3 is 0 Å². The zero-order chi connectivity index (χ0) is 25.1. The Morgan fingerprint density at radius 2 is 1.77 bits per heavy atom. The Bertz CT molecular complexity index is 1470. The lowest BCUT2D eigenvalue weighted by Crippen LogP contribution is -2.33. The van der Waals surface area contributed by atoms with Crippen LogP contribution in [0.5, 0.6) is 0 Å². The number of nitrogens with zero attached hydrogens (tertiary/aromatic N) is 3. The lowest BCUT2D eigenvalue weighted by Gasteiger charge is -2.16. The SMILES string of the molecule is Cc1cc(F)ccc1-c1nc(NCCNC(=O)CN)nc2c1ccc(=O)n2-c1c(F)cccc1F. The highest BCUT2D eigenvalue weighted by molar-refractivity contribution is 5.93. The van der Waals surface area contributed by atoms with Crippen molar-refractivity contribution in [2.45, 2.75) is 6.92 Å². The van der Waals surface area contributed by atoms with E-state index in [0.29, 0.717) is 22.2 Å². The number of carbonyl (C=O) groups is 1. The molecule has 4 rings (SSSR count). The highest BCUT2D eigenvalue weighted by atomic mass is 19.1. The number of aromatic nitrogens is 3. The van der Waals surface area contributed by atoms with Crippen molar-refractivity contribution < 1.29 is 18.0 Å². The first-order chi connectivity index (χ1) is 16.8. The molecule has 4 aromatic rings. The molecule has 0 aliphatic heterocycles. The van der Waals surface area contributed by atoms with Gasteiger partial charge in [0.2, 0.25) is 11.9 Å². The predicted molar refractivity (Wildman–Crippen MR) is 126 cm³/mol. The average Bonchev–Trinajstić information content (AvgIpc) is 2.82. The molecule has 0 saturated heterocycles. The van der Waals surface area contributed by atoms with Crippen molar-refractivity contribution in [3.05, 3.63) is 81.9 Å². The van der Waals surface area contributed by atoms with Crippen molar-refractivity contribution in [2.24, 2.45) is 5.73 Å². The van der Waals surface area contributed by atoms with Crippen LogP contribution in [-0.4, -0.2) is 40.1 Å². The molecular formula is C24H21F3N6O2. The number of rotatable bonds is 7. The Labute approximate surface area is 197 Å². The van der Waals surface area contributed by atoms with Gasteiger partial charge in [-0.15, -0.1) is 0 Å². The van der Waals surface area contributed by atoms with Crippen LogP contribution in [-0.2, 0) is 4.79 Å². The van der Waals surface area contributed by atoms with Crippen LogP contribution in [0.2, 0.25) is 0 Å². The fourth-order valence-corrected chi connectivity index (χ4v) is 3.66. The van der Waals surface area contributed by atoms with Gasteiger partial charge in [-0.05, 0) is 48.9 Å². The van der Waals surface area contributed by atoms with Crippen molar-refractivity contribution in [1.29, 1.82) is 0 Å². The summed E-state index contributed by atoms with van der Waals surface area (Å²) in [6.07, 6.45) is 0. The largest absolute Gasteiger partial charge is 0.353 e. The van der Waals surface area contributed by atoms with Gasteiger partial charge in [0.1, 0.15) is 23.1 Å². The summed E-state index contributed by atoms with van der Waals surface area (Å²) in [5, 5.41) is 5.84. The van der Waals surface area contributed by atoms with Crippen molar-refractivity contribution >= 4 is 22.9 Å². The molecule has 2 heterocycles. The maximum atomic E-state index is 14.7. The fraction of sp³-hybridized carbons (Fsp3) is 0.167. The number of pyridine rings is 1. The van der Waals surface area contributed by atoms with Gasteiger partial charge in [-0.3, -0.25) is 14.2 Å². The molecule has 2 aromatic carbocycles. The third-order valence-electron chi connectivity index (χ3n) is 5.27. The fourth-order valence-electron chi connectivity index (χ4n) is 3.66. The van der Waals surface area contributed by atoms with Gasteiger partial charge in [-0.2, -0.15) is 4.98 Å². The number of aryl methyl sites for hydroxylation is 1. The van der Waals surface area contributed by atoms with Crippen LogP contribution < -0.4 is 21.9 Å². The maximum Gasteiger partial charge on any atom is 0.256 e. The van der Waals surface area contributed by atoms with Crippen LogP contribution in [0, 0.1) is 24.4 Å². The molecule has 0 bridgehead atoms. The number of fused-ring (bicyclic) bond motifs is 1. The summed E-state index contributed by atoms with van der Waals surface area (Å²) in [5.74, 6) is -2.65. The van der Waals surface area contributed by atoms with E-state index >= 15 is 0 Å². The predicted octanol–water partition coefficient (Wildman–Crippen LogP) is 2.66. The van der Waals surface area contributed by atoms with Crippen molar-refractivity contribution in [3.8, 4) is 16.9 Å². The molecule has 1 amide bonds. The summed E-state index contributed by atoms with van der Waals surface area (Å²) in [6, 6.07) is 9.99. The van der Waals surface area contributed by atoms with E-state index in [1.165, 1.54) is 30.3 Å². The van der Waals surface area contributed by atoms with Gasteiger partial charge in [0, 0.05) is 30.1 Å². The Kier molecular flexibility index (Phi) is 6.78. The number of benzene rings is 2. The number of hydrogen-bond donors (Lipinski definition) is 3. The summed E-state index contributed by atoms with van der Waals surface area (Å²) in [7, 11) is 0. The zero-order valence-corrected chi connectivity index (χ0v) is 18.6. The molecule has 0 radical (unpaired) electrons. The average molecular weight is 482 g/mol. The third-order valence-corrected chi connectivity index (χ3v) is 5.27. The van der Waals surface area contributed by atoms with Crippen molar-refractivity contribution in [3.63, 3.8) is 0 Å². The van der Waals surface area contributed by atoms with E-state index in [4.69, 9.17) is 5.73 Å². The number of anilines is 1. The Morgan fingerprint density at radius 3 is 2.46 bits per heavy atom. The number of hydrogen-bond acceptors (Lipinski definition) is 6. The molecule has 0 spiro atoms. The van der Waals surface area contributed by atoms with Crippen LogP contribution in [0.4, 0.5) is 19.1 Å². The normalized spacial score (nSPS) is 11.0. The second kappa shape index (κ2) is 9.94. The summed E-state index contributed by atoms with van der Waals surface area (Å²) >= 11 is 0. The van der Waals surface area contributed by atoms with Gasteiger partial charge in [0.05, 0.1) is 12.2 Å². The molecule has 11 heteroatoms. The molecule has 0 aliphatic rings. The molecule has 0 fully saturated rings. The molecule has 0 saturated carbocycles. The lowest BCUT2D eigenvalue weighted by atomic mass is 10.0.